The Morgan fingerprint density at radius 3 is 2.20 bits per heavy atom. The van der Waals surface area contributed by atoms with E-state index in [1.165, 1.54) is 16.7 Å². The van der Waals surface area contributed by atoms with Crippen LogP contribution < -0.4 is 0 Å². The van der Waals surface area contributed by atoms with Crippen LogP contribution in [0.15, 0.2) is 53.0 Å². The molecule has 1 atom stereocenters. The van der Waals surface area contributed by atoms with E-state index >= 15 is 0 Å². The molecule has 0 bridgehead atoms. The quantitative estimate of drug-likeness (QED) is 0.525. The normalized spacial score (nSPS) is 13.2. The summed E-state index contributed by atoms with van der Waals surface area (Å²) < 4.78 is 1.14. The van der Waals surface area contributed by atoms with Gasteiger partial charge in [0.25, 0.3) is 0 Å². The van der Waals surface area contributed by atoms with E-state index < -0.39 is 0 Å². The van der Waals surface area contributed by atoms with Gasteiger partial charge in [-0.05, 0) is 40.7 Å². The molecular formula is C18H20Br2. The molecule has 0 N–H and O–H groups in total. The monoisotopic (exact) mass is 394 g/mol. The third-order valence-corrected chi connectivity index (χ3v) is 4.79. The molecule has 0 aliphatic heterocycles. The molecule has 2 aromatic rings. The molecule has 2 rings (SSSR count). The smallest absolute Gasteiger partial charge is 0.0435 e. The molecule has 0 nitrogen and oxygen atoms in total. The van der Waals surface area contributed by atoms with Crippen molar-refractivity contribution in [2.24, 2.45) is 0 Å². The lowest BCUT2D eigenvalue weighted by atomic mass is 9.86. The van der Waals surface area contributed by atoms with Crippen LogP contribution in [0.1, 0.15) is 42.3 Å². The minimum absolute atomic E-state index is 0.213. The van der Waals surface area contributed by atoms with Crippen LogP contribution in [-0.4, -0.2) is 0 Å². The molecule has 2 aromatic carbocycles. The fourth-order valence-corrected chi connectivity index (χ4v) is 3.31. The van der Waals surface area contributed by atoms with Crippen molar-refractivity contribution in [1.82, 2.24) is 0 Å². The maximum atomic E-state index is 3.81. The Morgan fingerprint density at radius 2 is 1.65 bits per heavy atom. The molecule has 1 unspecified atom stereocenters. The van der Waals surface area contributed by atoms with Crippen molar-refractivity contribution >= 4 is 31.9 Å². The highest BCUT2D eigenvalue weighted by Gasteiger charge is 2.14. The van der Waals surface area contributed by atoms with Gasteiger partial charge in [-0.15, -0.1) is 0 Å². The zero-order chi connectivity index (χ0) is 14.8. The van der Waals surface area contributed by atoms with E-state index in [0.717, 1.165) is 10.9 Å². The Labute approximate surface area is 138 Å². The first-order chi connectivity index (χ1) is 9.36. The van der Waals surface area contributed by atoms with Crippen LogP contribution in [0.2, 0.25) is 0 Å². The SMILES string of the molecule is CC(C)(C)c1ccc(C(Br)Cc2cccc(Br)c2)cc1. The fraction of sp³-hybridized carbons (Fsp3) is 0.333. The number of hydrogen-bond acceptors (Lipinski definition) is 0. The zero-order valence-corrected chi connectivity index (χ0v) is 15.3. The molecule has 0 heterocycles. The number of rotatable bonds is 3. The van der Waals surface area contributed by atoms with Crippen LogP contribution in [-0.2, 0) is 11.8 Å². The lowest BCUT2D eigenvalue weighted by Crippen LogP contribution is -2.10. The van der Waals surface area contributed by atoms with Gasteiger partial charge in [0.2, 0.25) is 0 Å². The zero-order valence-electron chi connectivity index (χ0n) is 12.2. The van der Waals surface area contributed by atoms with E-state index in [-0.39, 0.29) is 5.41 Å². The van der Waals surface area contributed by atoms with E-state index in [2.05, 4.69) is 101 Å². The van der Waals surface area contributed by atoms with Crippen LogP contribution in [0.3, 0.4) is 0 Å². The lowest BCUT2D eigenvalue weighted by Gasteiger charge is -2.20. The third kappa shape index (κ3) is 4.20. The maximum absolute atomic E-state index is 3.81. The Bertz CT molecular complexity index is 565. The van der Waals surface area contributed by atoms with E-state index in [9.17, 15) is 0 Å². The summed E-state index contributed by atoms with van der Waals surface area (Å²) in [4.78, 5) is 0.353. The number of halogens is 2. The Morgan fingerprint density at radius 1 is 1.00 bits per heavy atom. The van der Waals surface area contributed by atoms with Crippen molar-refractivity contribution in [2.45, 2.75) is 37.4 Å². The number of benzene rings is 2. The van der Waals surface area contributed by atoms with Gasteiger partial charge in [0.15, 0.2) is 0 Å². The van der Waals surface area contributed by atoms with Crippen LogP contribution in [0.25, 0.3) is 0 Å². The standard InChI is InChI=1S/C18H20Br2/c1-18(2,3)15-9-7-14(8-10-15)17(20)12-13-5-4-6-16(19)11-13/h4-11,17H,12H2,1-3H3. The lowest BCUT2D eigenvalue weighted by molar-refractivity contribution is 0.590. The highest BCUT2D eigenvalue weighted by Crippen LogP contribution is 2.30. The minimum atomic E-state index is 0.213. The van der Waals surface area contributed by atoms with Crippen molar-refractivity contribution in [3.63, 3.8) is 0 Å². The molecule has 0 saturated heterocycles. The number of hydrogen-bond donors (Lipinski definition) is 0. The third-order valence-electron chi connectivity index (χ3n) is 3.44. The molecule has 0 spiro atoms. The number of alkyl halides is 1. The topological polar surface area (TPSA) is 0 Å². The summed E-state index contributed by atoms with van der Waals surface area (Å²) in [6.07, 6.45) is 0.994. The van der Waals surface area contributed by atoms with E-state index in [0.29, 0.717) is 4.83 Å². The average Bonchev–Trinajstić information content (AvgIpc) is 2.38. The van der Waals surface area contributed by atoms with Gasteiger partial charge in [-0.1, -0.05) is 89.0 Å². The van der Waals surface area contributed by atoms with Crippen molar-refractivity contribution in [1.29, 1.82) is 0 Å². The van der Waals surface area contributed by atoms with Crippen LogP contribution in [0, 0.1) is 0 Å². The van der Waals surface area contributed by atoms with E-state index in [1.54, 1.807) is 0 Å². The summed E-state index contributed by atoms with van der Waals surface area (Å²) in [6, 6.07) is 17.4. The van der Waals surface area contributed by atoms with Gasteiger partial charge in [0, 0.05) is 9.30 Å². The molecule has 0 aliphatic carbocycles. The Kier molecular flexibility index (Phi) is 5.09. The summed E-state index contributed by atoms with van der Waals surface area (Å²) in [5.41, 5.74) is 4.26. The van der Waals surface area contributed by atoms with Gasteiger partial charge in [0.1, 0.15) is 0 Å². The van der Waals surface area contributed by atoms with Crippen LogP contribution >= 0.6 is 31.9 Å². The van der Waals surface area contributed by atoms with E-state index in [4.69, 9.17) is 0 Å². The summed E-state index contributed by atoms with van der Waals surface area (Å²) in [5, 5.41) is 0. The van der Waals surface area contributed by atoms with Crippen LogP contribution in [0.5, 0.6) is 0 Å². The second-order valence-electron chi connectivity index (χ2n) is 6.17. The Balaban J connectivity index is 2.11. The molecule has 0 fully saturated rings. The molecule has 0 aliphatic rings. The summed E-state index contributed by atoms with van der Waals surface area (Å²) in [5.74, 6) is 0. The van der Waals surface area contributed by atoms with Gasteiger partial charge in [-0.2, -0.15) is 0 Å². The highest BCUT2D eigenvalue weighted by atomic mass is 79.9. The summed E-state index contributed by atoms with van der Waals surface area (Å²) >= 11 is 7.33. The Hall–Kier alpha value is -0.600. The predicted octanol–water partition coefficient (Wildman–Crippen LogP) is 6.43. The van der Waals surface area contributed by atoms with Crippen molar-refractivity contribution in [2.75, 3.05) is 0 Å². The van der Waals surface area contributed by atoms with Gasteiger partial charge in [-0.3, -0.25) is 0 Å². The second-order valence-corrected chi connectivity index (χ2v) is 8.19. The molecule has 2 heteroatoms. The van der Waals surface area contributed by atoms with Crippen molar-refractivity contribution < 1.29 is 0 Å². The van der Waals surface area contributed by atoms with Gasteiger partial charge < -0.3 is 0 Å². The molecular weight excluding hydrogens is 376 g/mol. The first kappa shape index (κ1) is 15.8. The van der Waals surface area contributed by atoms with Crippen molar-refractivity contribution in [3.05, 3.63) is 69.7 Å². The summed E-state index contributed by atoms with van der Waals surface area (Å²) in [7, 11) is 0. The second kappa shape index (κ2) is 6.44. The predicted molar refractivity (Wildman–Crippen MR) is 94.7 cm³/mol. The first-order valence-corrected chi connectivity index (χ1v) is 8.56. The van der Waals surface area contributed by atoms with Crippen molar-refractivity contribution in [3.8, 4) is 0 Å². The molecule has 20 heavy (non-hydrogen) atoms. The highest BCUT2D eigenvalue weighted by molar-refractivity contribution is 9.10. The molecule has 0 radical (unpaired) electrons. The molecule has 0 amide bonds. The molecule has 106 valence electrons. The molecule has 0 aromatic heterocycles. The first-order valence-electron chi connectivity index (χ1n) is 6.85. The largest absolute Gasteiger partial charge is 0.0835 e. The average molecular weight is 396 g/mol. The fourth-order valence-electron chi connectivity index (χ4n) is 2.18. The van der Waals surface area contributed by atoms with Gasteiger partial charge in [0.05, 0.1) is 0 Å². The summed E-state index contributed by atoms with van der Waals surface area (Å²) in [6.45, 7) is 6.74. The van der Waals surface area contributed by atoms with Gasteiger partial charge >= 0.3 is 0 Å². The van der Waals surface area contributed by atoms with Gasteiger partial charge in [-0.25, -0.2) is 0 Å². The molecule has 0 saturated carbocycles. The van der Waals surface area contributed by atoms with Crippen LogP contribution in [0.4, 0.5) is 0 Å². The van der Waals surface area contributed by atoms with E-state index in [1.807, 2.05) is 0 Å². The maximum Gasteiger partial charge on any atom is 0.0435 e. The minimum Gasteiger partial charge on any atom is -0.0835 e.